The van der Waals surface area contributed by atoms with E-state index in [-0.39, 0.29) is 17.5 Å². The molecule has 1 unspecified atom stereocenters. The molecule has 1 aliphatic heterocycles. The van der Waals surface area contributed by atoms with E-state index in [1.807, 2.05) is 0 Å². The zero-order chi connectivity index (χ0) is 11.1. The first-order valence-corrected chi connectivity index (χ1v) is 6.05. The van der Waals surface area contributed by atoms with Crippen LogP contribution in [0.5, 0.6) is 0 Å². The van der Waals surface area contributed by atoms with Crippen LogP contribution in [0.15, 0.2) is 0 Å². The number of rotatable bonds is 6. The van der Waals surface area contributed by atoms with Gasteiger partial charge in [0.15, 0.2) is 0 Å². The summed E-state index contributed by atoms with van der Waals surface area (Å²) in [4.78, 5) is 0. The Morgan fingerprint density at radius 3 is 2.73 bits per heavy atom. The molecule has 1 heterocycles. The third kappa shape index (κ3) is 7.03. The van der Waals surface area contributed by atoms with E-state index in [1.54, 1.807) is 0 Å². The van der Waals surface area contributed by atoms with Gasteiger partial charge < -0.3 is 10.1 Å². The van der Waals surface area contributed by atoms with Crippen molar-refractivity contribution < 1.29 is 17.9 Å². The molecule has 90 valence electrons. The van der Waals surface area contributed by atoms with E-state index in [0.29, 0.717) is 12.5 Å². The van der Waals surface area contributed by atoms with Crippen molar-refractivity contribution in [3.05, 3.63) is 0 Å². The number of hydrogen-bond donors (Lipinski definition) is 1. The highest BCUT2D eigenvalue weighted by Crippen LogP contribution is 2.29. The summed E-state index contributed by atoms with van der Waals surface area (Å²) in [6, 6.07) is 0. The number of alkyl halides is 3. The molecular formula is C9H16F3NOS. The van der Waals surface area contributed by atoms with Crippen molar-refractivity contribution in [3.8, 4) is 0 Å². The minimum absolute atomic E-state index is 0.0291. The first-order valence-electron chi connectivity index (χ1n) is 5.07. The van der Waals surface area contributed by atoms with Gasteiger partial charge in [-0.1, -0.05) is 0 Å². The molecule has 1 atom stereocenters. The lowest BCUT2D eigenvalue weighted by Gasteiger charge is -2.09. The summed E-state index contributed by atoms with van der Waals surface area (Å²) in [6.07, 6.45) is 2.08. The highest BCUT2D eigenvalue weighted by Gasteiger charge is 2.27. The van der Waals surface area contributed by atoms with Gasteiger partial charge in [0.1, 0.15) is 0 Å². The average Bonchev–Trinajstić information content (AvgIpc) is 2.61. The van der Waals surface area contributed by atoms with Gasteiger partial charge in [-0.2, -0.15) is 13.2 Å². The zero-order valence-corrected chi connectivity index (χ0v) is 9.29. The van der Waals surface area contributed by atoms with E-state index in [4.69, 9.17) is 4.74 Å². The van der Waals surface area contributed by atoms with Crippen LogP contribution in [0, 0.1) is 5.92 Å². The molecule has 0 aromatic rings. The fourth-order valence-corrected chi connectivity index (χ4v) is 1.96. The monoisotopic (exact) mass is 243 g/mol. The predicted molar refractivity (Wildman–Crippen MR) is 54.9 cm³/mol. The van der Waals surface area contributed by atoms with Gasteiger partial charge in [-0.05, 0) is 37.1 Å². The Morgan fingerprint density at radius 2 is 2.13 bits per heavy atom. The lowest BCUT2D eigenvalue weighted by Crippen LogP contribution is -2.22. The van der Waals surface area contributed by atoms with Crippen molar-refractivity contribution in [1.82, 2.24) is 5.32 Å². The van der Waals surface area contributed by atoms with Crippen molar-refractivity contribution >= 4 is 11.8 Å². The Kier molecular flexibility index (Phi) is 5.78. The third-order valence-corrected chi connectivity index (χ3v) is 3.03. The Balaban J connectivity index is 1.84. The molecule has 1 N–H and O–H groups in total. The zero-order valence-electron chi connectivity index (χ0n) is 8.48. The van der Waals surface area contributed by atoms with E-state index < -0.39 is 5.51 Å². The van der Waals surface area contributed by atoms with E-state index in [2.05, 4.69) is 5.32 Å². The molecule has 1 fully saturated rings. The Morgan fingerprint density at radius 1 is 1.33 bits per heavy atom. The molecule has 6 heteroatoms. The largest absolute Gasteiger partial charge is 0.441 e. The summed E-state index contributed by atoms with van der Waals surface area (Å²) >= 11 is 0.0291. The summed E-state index contributed by atoms with van der Waals surface area (Å²) in [5.74, 6) is 0.678. The molecule has 0 saturated carbocycles. The van der Waals surface area contributed by atoms with Crippen molar-refractivity contribution in [2.24, 2.45) is 5.92 Å². The maximum Gasteiger partial charge on any atom is 0.441 e. The van der Waals surface area contributed by atoms with Gasteiger partial charge in [0, 0.05) is 25.5 Å². The number of ether oxygens (including phenoxy) is 1. The van der Waals surface area contributed by atoms with Gasteiger partial charge >= 0.3 is 5.51 Å². The molecule has 1 saturated heterocycles. The van der Waals surface area contributed by atoms with Crippen LogP contribution in [-0.2, 0) is 4.74 Å². The predicted octanol–water partition coefficient (Wildman–Crippen LogP) is 2.26. The fraction of sp³-hybridized carbons (Fsp3) is 1.00. The van der Waals surface area contributed by atoms with Gasteiger partial charge in [-0.3, -0.25) is 0 Å². The summed E-state index contributed by atoms with van der Waals surface area (Å²) in [5, 5.41) is 3.01. The van der Waals surface area contributed by atoms with Crippen molar-refractivity contribution in [1.29, 1.82) is 0 Å². The normalized spacial score (nSPS) is 22.2. The lowest BCUT2D eigenvalue weighted by atomic mass is 10.1. The highest BCUT2D eigenvalue weighted by molar-refractivity contribution is 8.00. The van der Waals surface area contributed by atoms with Gasteiger partial charge in [0.25, 0.3) is 0 Å². The molecule has 0 aliphatic carbocycles. The maximum atomic E-state index is 11.7. The maximum absolute atomic E-state index is 11.7. The molecule has 0 radical (unpaired) electrons. The molecule has 0 spiro atoms. The second-order valence-corrected chi connectivity index (χ2v) is 4.72. The van der Waals surface area contributed by atoms with Crippen molar-refractivity contribution in [2.45, 2.75) is 18.3 Å². The molecule has 15 heavy (non-hydrogen) atoms. The number of thioether (sulfide) groups is 1. The summed E-state index contributed by atoms with van der Waals surface area (Å²) in [5.41, 5.74) is -4.10. The smallest absolute Gasteiger partial charge is 0.381 e. The Hall–Kier alpha value is 0.0600. The van der Waals surface area contributed by atoms with Crippen LogP contribution in [-0.4, -0.2) is 37.6 Å². The number of halogens is 3. The first-order chi connectivity index (χ1) is 7.08. The lowest BCUT2D eigenvalue weighted by molar-refractivity contribution is -0.0327. The van der Waals surface area contributed by atoms with E-state index in [9.17, 15) is 13.2 Å². The van der Waals surface area contributed by atoms with E-state index in [1.165, 1.54) is 0 Å². The molecule has 0 amide bonds. The Labute approximate surface area is 91.9 Å². The van der Waals surface area contributed by atoms with Gasteiger partial charge in [-0.15, -0.1) is 0 Å². The molecule has 0 aromatic carbocycles. The molecule has 2 nitrogen and oxygen atoms in total. The van der Waals surface area contributed by atoms with Gasteiger partial charge in [0.05, 0.1) is 0 Å². The SMILES string of the molecule is FC(F)(F)SCCNCCC1CCOC1. The first kappa shape index (κ1) is 13.1. The van der Waals surface area contributed by atoms with E-state index >= 15 is 0 Å². The van der Waals surface area contributed by atoms with Crippen LogP contribution in [0.3, 0.4) is 0 Å². The average molecular weight is 243 g/mol. The number of hydrogen-bond acceptors (Lipinski definition) is 3. The summed E-state index contributed by atoms with van der Waals surface area (Å²) in [7, 11) is 0. The minimum Gasteiger partial charge on any atom is -0.381 e. The molecule has 0 aromatic heterocycles. The highest BCUT2D eigenvalue weighted by atomic mass is 32.2. The fourth-order valence-electron chi connectivity index (χ4n) is 1.48. The van der Waals surface area contributed by atoms with Crippen LogP contribution in [0.2, 0.25) is 0 Å². The quantitative estimate of drug-likeness (QED) is 0.723. The van der Waals surface area contributed by atoms with Crippen LogP contribution in [0.25, 0.3) is 0 Å². The molecular weight excluding hydrogens is 227 g/mol. The summed E-state index contributed by atoms with van der Waals surface area (Å²) in [6.45, 7) is 2.83. The van der Waals surface area contributed by atoms with Crippen LogP contribution in [0.4, 0.5) is 13.2 Å². The molecule has 1 aliphatic rings. The van der Waals surface area contributed by atoms with Crippen molar-refractivity contribution in [2.75, 3.05) is 32.1 Å². The van der Waals surface area contributed by atoms with Crippen LogP contribution in [0.1, 0.15) is 12.8 Å². The molecule has 1 rings (SSSR count). The third-order valence-electron chi connectivity index (χ3n) is 2.30. The topological polar surface area (TPSA) is 21.3 Å². The number of nitrogens with one attached hydrogen (secondary N) is 1. The summed E-state index contributed by atoms with van der Waals surface area (Å²) < 4.78 is 40.4. The van der Waals surface area contributed by atoms with Crippen LogP contribution < -0.4 is 5.32 Å². The molecule has 0 bridgehead atoms. The second kappa shape index (κ2) is 6.60. The second-order valence-electron chi connectivity index (χ2n) is 3.56. The van der Waals surface area contributed by atoms with Gasteiger partial charge in [0.2, 0.25) is 0 Å². The van der Waals surface area contributed by atoms with Gasteiger partial charge in [-0.25, -0.2) is 0 Å². The standard InChI is InChI=1S/C9H16F3NOS/c10-9(11,12)15-6-4-13-3-1-8-2-5-14-7-8/h8,13H,1-7H2. The van der Waals surface area contributed by atoms with Crippen molar-refractivity contribution in [3.63, 3.8) is 0 Å². The van der Waals surface area contributed by atoms with E-state index in [0.717, 1.165) is 32.6 Å². The Bertz CT molecular complexity index is 171. The van der Waals surface area contributed by atoms with Crippen LogP contribution >= 0.6 is 11.8 Å². The minimum atomic E-state index is -4.10.